The van der Waals surface area contributed by atoms with Crippen molar-refractivity contribution in [2.45, 2.75) is 25.4 Å². The number of rotatable bonds is 6. The molecule has 3 N–H and O–H groups in total. The second kappa shape index (κ2) is 9.29. The zero-order valence-electron chi connectivity index (χ0n) is 13.9. The van der Waals surface area contributed by atoms with Crippen LogP contribution < -0.4 is 25.6 Å². The van der Waals surface area contributed by atoms with Gasteiger partial charge in [-0.25, -0.2) is 0 Å². The van der Waals surface area contributed by atoms with Gasteiger partial charge in [-0.1, -0.05) is 6.07 Å². The second-order valence-electron chi connectivity index (χ2n) is 5.38. The van der Waals surface area contributed by atoms with E-state index in [-0.39, 0.29) is 18.4 Å². The molecule has 0 spiro atoms. The molecule has 24 heavy (non-hydrogen) atoms. The Morgan fingerprint density at radius 1 is 1.29 bits per heavy atom. The molecular formula is C16H23N3O4S. The molecule has 0 bridgehead atoms. The fourth-order valence-corrected chi connectivity index (χ4v) is 2.54. The number of carbonyl (C=O) groups is 1. The van der Waals surface area contributed by atoms with Crippen molar-refractivity contribution in [2.75, 3.05) is 27.4 Å². The van der Waals surface area contributed by atoms with Crippen LogP contribution in [0.5, 0.6) is 11.5 Å². The van der Waals surface area contributed by atoms with Gasteiger partial charge in [-0.3, -0.25) is 15.6 Å². The molecule has 0 aromatic heterocycles. The van der Waals surface area contributed by atoms with Crippen LogP contribution in [-0.2, 0) is 16.0 Å². The van der Waals surface area contributed by atoms with Crippen molar-refractivity contribution in [3.8, 4) is 11.5 Å². The molecule has 132 valence electrons. The fraction of sp³-hybridized carbons (Fsp3) is 0.500. The predicted octanol–water partition coefficient (Wildman–Crippen LogP) is 0.921. The Morgan fingerprint density at radius 3 is 2.75 bits per heavy atom. The number of methoxy groups -OCH3 is 2. The summed E-state index contributed by atoms with van der Waals surface area (Å²) in [5.41, 5.74) is 6.06. The van der Waals surface area contributed by atoms with E-state index >= 15 is 0 Å². The van der Waals surface area contributed by atoms with Crippen LogP contribution in [0.25, 0.3) is 0 Å². The highest BCUT2D eigenvalue weighted by Crippen LogP contribution is 2.27. The summed E-state index contributed by atoms with van der Waals surface area (Å²) < 4.78 is 15.9. The normalized spacial score (nSPS) is 16.3. The van der Waals surface area contributed by atoms with Gasteiger partial charge in [-0.15, -0.1) is 0 Å². The van der Waals surface area contributed by atoms with Crippen LogP contribution in [0.4, 0.5) is 0 Å². The van der Waals surface area contributed by atoms with Gasteiger partial charge in [0.1, 0.15) is 0 Å². The van der Waals surface area contributed by atoms with E-state index in [1.807, 2.05) is 6.07 Å². The maximum atomic E-state index is 12.0. The molecule has 1 heterocycles. The van der Waals surface area contributed by atoms with E-state index in [9.17, 15) is 4.79 Å². The number of thiocarbonyl (C=S) groups is 1. The van der Waals surface area contributed by atoms with E-state index in [1.165, 1.54) is 0 Å². The molecule has 7 nitrogen and oxygen atoms in total. The number of amides is 1. The number of nitrogens with one attached hydrogen (secondary N) is 3. The van der Waals surface area contributed by atoms with Gasteiger partial charge in [0.25, 0.3) is 0 Å². The average Bonchev–Trinajstić information content (AvgIpc) is 3.11. The summed E-state index contributed by atoms with van der Waals surface area (Å²) in [4.78, 5) is 12.0. The van der Waals surface area contributed by atoms with Crippen LogP contribution in [0.15, 0.2) is 18.2 Å². The van der Waals surface area contributed by atoms with Crippen molar-refractivity contribution in [3.63, 3.8) is 0 Å². The minimum absolute atomic E-state index is 0.187. The summed E-state index contributed by atoms with van der Waals surface area (Å²) in [5, 5.41) is 3.39. The number of ether oxygens (including phenoxy) is 3. The number of hydrogen-bond acceptors (Lipinski definition) is 5. The lowest BCUT2D eigenvalue weighted by Crippen LogP contribution is -2.48. The molecule has 8 heteroatoms. The lowest BCUT2D eigenvalue weighted by Gasteiger charge is -2.14. The van der Waals surface area contributed by atoms with Gasteiger partial charge in [0, 0.05) is 13.2 Å². The topological polar surface area (TPSA) is 80.9 Å². The molecule has 0 unspecified atom stereocenters. The summed E-state index contributed by atoms with van der Waals surface area (Å²) in [6.07, 6.45) is 2.49. The van der Waals surface area contributed by atoms with Gasteiger partial charge in [0.15, 0.2) is 16.6 Å². The van der Waals surface area contributed by atoms with Gasteiger partial charge < -0.3 is 19.5 Å². The third-order valence-electron chi connectivity index (χ3n) is 3.64. The number of hydrogen-bond donors (Lipinski definition) is 3. The zero-order chi connectivity index (χ0) is 17.4. The standard InChI is InChI=1S/C16H23N3O4S/c1-21-13-6-5-11(8-14(13)22-2)9-15(20)18-19-16(24)17-10-12-4-3-7-23-12/h5-6,8,12H,3-4,7,9-10H2,1-2H3,(H,18,20)(H2,17,19,24)/t12-/m1/s1. The molecule has 1 saturated heterocycles. The molecular weight excluding hydrogens is 330 g/mol. The molecule has 0 saturated carbocycles. The number of hydrazine groups is 1. The molecule has 1 aliphatic rings. The lowest BCUT2D eigenvalue weighted by atomic mass is 10.1. The molecule has 1 atom stereocenters. The van der Waals surface area contributed by atoms with Crippen LogP contribution in [0.1, 0.15) is 18.4 Å². The van der Waals surface area contributed by atoms with E-state index in [1.54, 1.807) is 26.4 Å². The first-order valence-corrected chi connectivity index (χ1v) is 8.18. The smallest absolute Gasteiger partial charge is 0.242 e. The molecule has 1 aromatic carbocycles. The van der Waals surface area contributed by atoms with Crippen molar-refractivity contribution in [3.05, 3.63) is 23.8 Å². The van der Waals surface area contributed by atoms with Gasteiger partial charge in [0.05, 0.1) is 26.7 Å². The maximum Gasteiger partial charge on any atom is 0.242 e. The Bertz CT molecular complexity index is 576. The third-order valence-corrected chi connectivity index (χ3v) is 3.89. The highest BCUT2D eigenvalue weighted by atomic mass is 32.1. The van der Waals surface area contributed by atoms with Gasteiger partial charge in [0.2, 0.25) is 5.91 Å². The Morgan fingerprint density at radius 2 is 2.08 bits per heavy atom. The minimum atomic E-state index is -0.205. The average molecular weight is 353 g/mol. The maximum absolute atomic E-state index is 12.0. The van der Waals surface area contributed by atoms with E-state index in [0.717, 1.165) is 25.0 Å². The van der Waals surface area contributed by atoms with Gasteiger partial charge >= 0.3 is 0 Å². The fourth-order valence-electron chi connectivity index (χ4n) is 2.40. The Balaban J connectivity index is 1.73. The van der Waals surface area contributed by atoms with Crippen LogP contribution in [0.2, 0.25) is 0 Å². The van der Waals surface area contributed by atoms with Gasteiger partial charge in [-0.2, -0.15) is 0 Å². The summed E-state index contributed by atoms with van der Waals surface area (Å²) in [7, 11) is 3.13. The molecule has 1 aromatic rings. The van der Waals surface area contributed by atoms with E-state index in [0.29, 0.717) is 23.2 Å². The number of carbonyl (C=O) groups excluding carboxylic acids is 1. The second-order valence-corrected chi connectivity index (χ2v) is 5.79. The SMILES string of the molecule is COc1ccc(CC(=O)NNC(=S)NC[C@H]2CCCO2)cc1OC. The third kappa shape index (κ3) is 5.54. The van der Waals surface area contributed by atoms with Crippen molar-refractivity contribution in [1.82, 2.24) is 16.2 Å². The monoisotopic (exact) mass is 353 g/mol. The summed E-state index contributed by atoms with van der Waals surface area (Å²) in [6.45, 7) is 1.44. The van der Waals surface area contributed by atoms with Crippen LogP contribution in [-0.4, -0.2) is 44.5 Å². The molecule has 0 radical (unpaired) electrons. The largest absolute Gasteiger partial charge is 0.493 e. The highest BCUT2D eigenvalue weighted by Gasteiger charge is 2.15. The molecule has 1 amide bonds. The Hall–Kier alpha value is -2.06. The first kappa shape index (κ1) is 18.3. The van der Waals surface area contributed by atoms with Crippen molar-refractivity contribution in [2.24, 2.45) is 0 Å². The minimum Gasteiger partial charge on any atom is -0.493 e. The number of benzene rings is 1. The predicted molar refractivity (Wildman–Crippen MR) is 94.1 cm³/mol. The van der Waals surface area contributed by atoms with Crippen LogP contribution in [0.3, 0.4) is 0 Å². The lowest BCUT2D eigenvalue weighted by molar-refractivity contribution is -0.121. The van der Waals surface area contributed by atoms with Gasteiger partial charge in [-0.05, 0) is 42.8 Å². The van der Waals surface area contributed by atoms with E-state index in [2.05, 4.69) is 16.2 Å². The quantitative estimate of drug-likeness (QED) is 0.518. The molecule has 1 aliphatic heterocycles. The summed E-state index contributed by atoms with van der Waals surface area (Å²) in [6, 6.07) is 5.35. The Kier molecular flexibility index (Phi) is 7.07. The summed E-state index contributed by atoms with van der Waals surface area (Å²) >= 11 is 5.11. The molecule has 0 aliphatic carbocycles. The zero-order valence-corrected chi connectivity index (χ0v) is 14.7. The van der Waals surface area contributed by atoms with Crippen molar-refractivity contribution >= 4 is 23.2 Å². The van der Waals surface area contributed by atoms with Crippen molar-refractivity contribution < 1.29 is 19.0 Å². The first-order valence-electron chi connectivity index (χ1n) is 7.77. The first-order chi connectivity index (χ1) is 11.6. The Labute approximate surface area is 147 Å². The van der Waals surface area contributed by atoms with Crippen LogP contribution >= 0.6 is 12.2 Å². The van der Waals surface area contributed by atoms with Crippen LogP contribution in [0, 0.1) is 0 Å². The van der Waals surface area contributed by atoms with E-state index < -0.39 is 0 Å². The summed E-state index contributed by atoms with van der Waals surface area (Å²) in [5.74, 6) is 1.01. The van der Waals surface area contributed by atoms with Crippen molar-refractivity contribution in [1.29, 1.82) is 0 Å². The van der Waals surface area contributed by atoms with E-state index in [4.69, 9.17) is 26.4 Å². The molecule has 1 fully saturated rings. The molecule has 2 rings (SSSR count). The highest BCUT2D eigenvalue weighted by molar-refractivity contribution is 7.80.